The summed E-state index contributed by atoms with van der Waals surface area (Å²) in [5.74, 6) is -0.578. The van der Waals surface area contributed by atoms with Gasteiger partial charge in [-0.1, -0.05) is 17.2 Å². The molecule has 2 rings (SSSR count). The third kappa shape index (κ3) is 2.34. The molecule has 86 valence electrons. The summed E-state index contributed by atoms with van der Waals surface area (Å²) in [7, 11) is 1.37. The van der Waals surface area contributed by atoms with Gasteiger partial charge in [-0.15, -0.1) is 0 Å². The highest BCUT2D eigenvalue weighted by atomic mass is 16.6. The van der Waals surface area contributed by atoms with E-state index < -0.39 is 5.76 Å². The van der Waals surface area contributed by atoms with Gasteiger partial charge in [-0.3, -0.25) is 0 Å². The molecule has 6 nitrogen and oxygen atoms in total. The van der Waals surface area contributed by atoms with E-state index in [1.54, 1.807) is 24.3 Å². The molecule has 1 heterocycles. The number of rotatable bonds is 3. The minimum atomic E-state index is -0.578. The molecule has 0 saturated heterocycles. The molecule has 0 unspecified atom stereocenters. The normalized spacial score (nSPS) is 9.88. The highest BCUT2D eigenvalue weighted by Gasteiger charge is 2.07. The van der Waals surface area contributed by atoms with Gasteiger partial charge < -0.3 is 9.15 Å². The Kier molecular flexibility index (Phi) is 2.92. The molecule has 0 aliphatic heterocycles. The molecule has 1 aromatic heterocycles. The van der Waals surface area contributed by atoms with Crippen molar-refractivity contribution in [1.82, 2.24) is 9.78 Å². The molecule has 0 bridgehead atoms. The molecule has 17 heavy (non-hydrogen) atoms. The van der Waals surface area contributed by atoms with Crippen LogP contribution in [0, 0.1) is 11.3 Å². The maximum Gasteiger partial charge on any atom is 0.439 e. The first-order valence-corrected chi connectivity index (χ1v) is 4.84. The van der Waals surface area contributed by atoms with Crippen LogP contribution in [0.1, 0.15) is 11.1 Å². The third-order valence-electron chi connectivity index (χ3n) is 2.18. The molecule has 6 heteroatoms. The van der Waals surface area contributed by atoms with Crippen molar-refractivity contribution >= 4 is 0 Å². The summed E-state index contributed by atoms with van der Waals surface area (Å²) in [6.45, 7) is 0.275. The monoisotopic (exact) mass is 231 g/mol. The highest BCUT2D eigenvalue weighted by Crippen LogP contribution is 2.06. The van der Waals surface area contributed by atoms with Crippen LogP contribution in [-0.4, -0.2) is 16.9 Å². The summed E-state index contributed by atoms with van der Waals surface area (Å²) >= 11 is 0. The van der Waals surface area contributed by atoms with E-state index in [1.165, 1.54) is 7.11 Å². The largest absolute Gasteiger partial charge is 0.452 e. The zero-order valence-electron chi connectivity index (χ0n) is 9.08. The standard InChI is InChI=1S/C11H9N3O3/c1-16-10-13-14(11(15)17-10)7-9-4-2-8(6-12)3-5-9/h2-5H,7H2,1H3. The molecule has 2 aromatic rings. The van der Waals surface area contributed by atoms with E-state index in [-0.39, 0.29) is 12.6 Å². The number of hydrogen-bond donors (Lipinski definition) is 0. The molecule has 0 aliphatic carbocycles. The zero-order chi connectivity index (χ0) is 12.3. The Morgan fingerprint density at radius 2 is 2.18 bits per heavy atom. The fourth-order valence-corrected chi connectivity index (χ4v) is 1.33. The minimum Gasteiger partial charge on any atom is -0.452 e. The van der Waals surface area contributed by atoms with Crippen molar-refractivity contribution in [1.29, 1.82) is 5.26 Å². The van der Waals surface area contributed by atoms with Crippen LogP contribution in [0.2, 0.25) is 0 Å². The molecular weight excluding hydrogens is 222 g/mol. The van der Waals surface area contributed by atoms with Crippen molar-refractivity contribution in [2.45, 2.75) is 6.54 Å². The van der Waals surface area contributed by atoms with Crippen molar-refractivity contribution in [2.75, 3.05) is 7.11 Å². The fraction of sp³-hybridized carbons (Fsp3) is 0.182. The number of hydrogen-bond acceptors (Lipinski definition) is 5. The van der Waals surface area contributed by atoms with Gasteiger partial charge >= 0.3 is 11.8 Å². The predicted octanol–water partition coefficient (Wildman–Crippen LogP) is 0.765. The molecule has 0 N–H and O–H groups in total. The lowest BCUT2D eigenvalue weighted by molar-refractivity contribution is 0.282. The maximum absolute atomic E-state index is 11.3. The second-order valence-corrected chi connectivity index (χ2v) is 3.30. The second-order valence-electron chi connectivity index (χ2n) is 3.30. The van der Waals surface area contributed by atoms with Gasteiger partial charge in [-0.05, 0) is 17.7 Å². The summed E-state index contributed by atoms with van der Waals surface area (Å²) in [5, 5.41) is 12.5. The van der Waals surface area contributed by atoms with Crippen LogP contribution >= 0.6 is 0 Å². The van der Waals surface area contributed by atoms with Gasteiger partial charge in [0.05, 0.1) is 25.3 Å². The van der Waals surface area contributed by atoms with Crippen LogP contribution in [0.25, 0.3) is 0 Å². The maximum atomic E-state index is 11.3. The van der Waals surface area contributed by atoms with E-state index in [1.807, 2.05) is 6.07 Å². The van der Waals surface area contributed by atoms with Crippen molar-refractivity contribution in [3.63, 3.8) is 0 Å². The number of benzene rings is 1. The lowest BCUT2D eigenvalue weighted by Gasteiger charge is -1.98. The quantitative estimate of drug-likeness (QED) is 0.779. The van der Waals surface area contributed by atoms with E-state index in [0.717, 1.165) is 10.2 Å². The summed E-state index contributed by atoms with van der Waals surface area (Å²) in [5.41, 5.74) is 1.42. The molecule has 0 fully saturated rings. The van der Waals surface area contributed by atoms with Crippen molar-refractivity contribution < 1.29 is 9.15 Å². The third-order valence-corrected chi connectivity index (χ3v) is 2.18. The van der Waals surface area contributed by atoms with Gasteiger partial charge in [-0.25, -0.2) is 4.79 Å². The van der Waals surface area contributed by atoms with E-state index in [2.05, 4.69) is 5.10 Å². The summed E-state index contributed by atoms with van der Waals surface area (Å²) in [6.07, 6.45) is -0.0661. The molecule has 0 amide bonds. The van der Waals surface area contributed by atoms with Gasteiger partial charge in [0.2, 0.25) is 0 Å². The Morgan fingerprint density at radius 3 is 2.71 bits per heavy atom. The van der Waals surface area contributed by atoms with Crippen LogP contribution in [0.4, 0.5) is 0 Å². The lowest BCUT2D eigenvalue weighted by atomic mass is 10.1. The van der Waals surface area contributed by atoms with Gasteiger partial charge in [-0.2, -0.15) is 9.94 Å². The summed E-state index contributed by atoms with van der Waals surface area (Å²) in [6, 6.07) is 8.89. The number of methoxy groups -OCH3 is 1. The zero-order valence-corrected chi connectivity index (χ0v) is 9.08. The Hall–Kier alpha value is -2.55. The molecule has 0 spiro atoms. The number of ether oxygens (including phenoxy) is 1. The van der Waals surface area contributed by atoms with Crippen LogP contribution in [0.5, 0.6) is 6.08 Å². The number of nitrogens with zero attached hydrogens (tertiary/aromatic N) is 3. The van der Waals surface area contributed by atoms with E-state index in [9.17, 15) is 4.79 Å². The van der Waals surface area contributed by atoms with Gasteiger partial charge in [0, 0.05) is 0 Å². The molecule has 0 aliphatic rings. The predicted molar refractivity (Wildman–Crippen MR) is 57.6 cm³/mol. The Balaban J connectivity index is 2.22. The van der Waals surface area contributed by atoms with Gasteiger partial charge in [0.15, 0.2) is 0 Å². The van der Waals surface area contributed by atoms with Crippen LogP contribution in [0.15, 0.2) is 33.5 Å². The summed E-state index contributed by atoms with van der Waals surface area (Å²) < 4.78 is 10.6. The Labute approximate surface area is 96.7 Å². The molecular formula is C11H9N3O3. The first kappa shape index (κ1) is 11.0. The second kappa shape index (κ2) is 4.53. The average Bonchev–Trinajstić information content (AvgIpc) is 2.71. The van der Waals surface area contributed by atoms with Crippen molar-refractivity contribution in [3.05, 3.63) is 45.9 Å². The SMILES string of the molecule is COc1nn(Cc2ccc(C#N)cc2)c(=O)o1. The van der Waals surface area contributed by atoms with Crippen molar-refractivity contribution in [3.8, 4) is 12.1 Å². The van der Waals surface area contributed by atoms with Crippen LogP contribution in [0.3, 0.4) is 0 Å². The van der Waals surface area contributed by atoms with Gasteiger partial charge in [0.1, 0.15) is 0 Å². The van der Waals surface area contributed by atoms with E-state index in [0.29, 0.717) is 5.56 Å². The van der Waals surface area contributed by atoms with Crippen LogP contribution < -0.4 is 10.5 Å². The Bertz CT molecular complexity index is 604. The molecule has 1 aromatic carbocycles. The smallest absolute Gasteiger partial charge is 0.439 e. The molecule has 0 radical (unpaired) electrons. The first-order valence-electron chi connectivity index (χ1n) is 4.84. The Morgan fingerprint density at radius 1 is 1.47 bits per heavy atom. The molecule has 0 atom stereocenters. The van der Waals surface area contributed by atoms with E-state index in [4.69, 9.17) is 14.4 Å². The number of nitriles is 1. The first-order chi connectivity index (χ1) is 8.22. The summed E-state index contributed by atoms with van der Waals surface area (Å²) in [4.78, 5) is 11.3. The number of aromatic nitrogens is 2. The molecule has 0 saturated carbocycles. The topological polar surface area (TPSA) is 81.0 Å². The fourth-order valence-electron chi connectivity index (χ4n) is 1.33. The highest BCUT2D eigenvalue weighted by molar-refractivity contribution is 5.31. The van der Waals surface area contributed by atoms with Crippen molar-refractivity contribution in [2.24, 2.45) is 0 Å². The lowest BCUT2D eigenvalue weighted by Crippen LogP contribution is -2.16. The van der Waals surface area contributed by atoms with Crippen LogP contribution in [-0.2, 0) is 6.54 Å². The minimum absolute atomic E-state index is 0.0661. The van der Waals surface area contributed by atoms with E-state index >= 15 is 0 Å². The van der Waals surface area contributed by atoms with Gasteiger partial charge in [0.25, 0.3) is 0 Å². The average molecular weight is 231 g/mol.